The summed E-state index contributed by atoms with van der Waals surface area (Å²) in [4.78, 5) is 0. The highest BCUT2D eigenvalue weighted by Crippen LogP contribution is 2.12. The molecule has 1 aromatic rings. The second kappa shape index (κ2) is 7.91. The Morgan fingerprint density at radius 1 is 1.05 bits per heavy atom. The monoisotopic (exact) mass is 350 g/mol. The minimum absolute atomic E-state index is 0.0501. The fourth-order valence-electron chi connectivity index (χ4n) is 1.85. The summed E-state index contributed by atoms with van der Waals surface area (Å²) in [6, 6.07) is 7.36. The van der Waals surface area contributed by atoms with E-state index in [-0.39, 0.29) is 19.6 Å². The highest BCUT2D eigenvalue weighted by atomic mass is 32.2. The standard InChI is InChI=1S/C13H22N2O5S2/c1-20-13-6-4-12(5-7-13)8-10-15(22(3,18)19)11-9-14-21(2,16)17/h4-7,14H,8-11H2,1-3H3. The van der Waals surface area contributed by atoms with Crippen LogP contribution in [0.3, 0.4) is 0 Å². The first-order valence-electron chi connectivity index (χ1n) is 6.64. The van der Waals surface area contributed by atoms with Crippen molar-refractivity contribution in [3.8, 4) is 5.75 Å². The van der Waals surface area contributed by atoms with E-state index in [0.717, 1.165) is 23.8 Å². The summed E-state index contributed by atoms with van der Waals surface area (Å²) in [5.41, 5.74) is 0.977. The molecule has 0 aliphatic rings. The van der Waals surface area contributed by atoms with E-state index in [4.69, 9.17) is 4.74 Å². The maximum Gasteiger partial charge on any atom is 0.211 e. The van der Waals surface area contributed by atoms with Gasteiger partial charge in [0.25, 0.3) is 0 Å². The normalized spacial score (nSPS) is 12.5. The molecule has 0 unspecified atom stereocenters. The summed E-state index contributed by atoms with van der Waals surface area (Å²) in [6.07, 6.45) is 2.69. The number of nitrogens with zero attached hydrogens (tertiary/aromatic N) is 1. The fourth-order valence-corrected chi connectivity index (χ4v) is 3.15. The number of hydrogen-bond acceptors (Lipinski definition) is 5. The van der Waals surface area contributed by atoms with Crippen molar-refractivity contribution < 1.29 is 21.6 Å². The van der Waals surface area contributed by atoms with Gasteiger partial charge in [-0.1, -0.05) is 12.1 Å². The van der Waals surface area contributed by atoms with Crippen LogP contribution >= 0.6 is 0 Å². The molecule has 0 aromatic heterocycles. The molecule has 0 heterocycles. The van der Waals surface area contributed by atoms with Crippen LogP contribution in [0.4, 0.5) is 0 Å². The topological polar surface area (TPSA) is 92.8 Å². The van der Waals surface area contributed by atoms with E-state index in [1.165, 1.54) is 4.31 Å². The molecule has 0 saturated heterocycles. The number of benzene rings is 1. The molecule has 126 valence electrons. The second-order valence-corrected chi connectivity index (χ2v) is 8.74. The van der Waals surface area contributed by atoms with Gasteiger partial charge < -0.3 is 4.74 Å². The minimum Gasteiger partial charge on any atom is -0.497 e. The molecule has 7 nitrogen and oxygen atoms in total. The van der Waals surface area contributed by atoms with Crippen LogP contribution in [0.1, 0.15) is 5.56 Å². The van der Waals surface area contributed by atoms with Crippen molar-refractivity contribution in [2.75, 3.05) is 39.3 Å². The first kappa shape index (κ1) is 18.9. The van der Waals surface area contributed by atoms with Crippen LogP contribution in [0.25, 0.3) is 0 Å². The van der Waals surface area contributed by atoms with E-state index in [1.807, 2.05) is 24.3 Å². The molecule has 0 spiro atoms. The van der Waals surface area contributed by atoms with E-state index < -0.39 is 20.0 Å². The van der Waals surface area contributed by atoms with Crippen LogP contribution in [0, 0.1) is 0 Å². The molecular formula is C13H22N2O5S2. The Kier molecular flexibility index (Phi) is 6.79. The van der Waals surface area contributed by atoms with Crippen molar-refractivity contribution in [1.29, 1.82) is 0 Å². The molecular weight excluding hydrogens is 328 g/mol. The van der Waals surface area contributed by atoms with Gasteiger partial charge in [-0.3, -0.25) is 0 Å². The van der Waals surface area contributed by atoms with Crippen molar-refractivity contribution >= 4 is 20.0 Å². The third-order valence-corrected chi connectivity index (χ3v) is 5.04. The van der Waals surface area contributed by atoms with Crippen LogP contribution in [0.2, 0.25) is 0 Å². The van der Waals surface area contributed by atoms with Crippen molar-refractivity contribution in [2.45, 2.75) is 6.42 Å². The predicted octanol–water partition coefficient (Wildman–Crippen LogP) is 0.0485. The van der Waals surface area contributed by atoms with Crippen LogP contribution < -0.4 is 9.46 Å². The lowest BCUT2D eigenvalue weighted by molar-refractivity contribution is 0.413. The van der Waals surface area contributed by atoms with Crippen molar-refractivity contribution in [3.05, 3.63) is 29.8 Å². The van der Waals surface area contributed by atoms with Gasteiger partial charge in [0.05, 0.1) is 19.6 Å². The molecule has 0 aliphatic carbocycles. The summed E-state index contributed by atoms with van der Waals surface area (Å²) >= 11 is 0. The summed E-state index contributed by atoms with van der Waals surface area (Å²) in [5.74, 6) is 0.737. The van der Waals surface area contributed by atoms with Crippen LogP contribution in [-0.2, 0) is 26.5 Å². The van der Waals surface area contributed by atoms with Crippen molar-refractivity contribution in [3.63, 3.8) is 0 Å². The molecule has 0 radical (unpaired) electrons. The zero-order chi connectivity index (χ0) is 16.8. The Balaban J connectivity index is 2.61. The maximum atomic E-state index is 11.7. The summed E-state index contributed by atoms with van der Waals surface area (Å²) in [5, 5.41) is 0. The number of methoxy groups -OCH3 is 1. The molecule has 1 aromatic carbocycles. The van der Waals surface area contributed by atoms with Gasteiger partial charge in [-0.15, -0.1) is 0 Å². The van der Waals surface area contributed by atoms with Gasteiger partial charge in [0, 0.05) is 19.6 Å². The van der Waals surface area contributed by atoms with Crippen molar-refractivity contribution in [2.24, 2.45) is 0 Å². The van der Waals surface area contributed by atoms with Crippen LogP contribution in [0.15, 0.2) is 24.3 Å². The number of rotatable bonds is 9. The molecule has 0 saturated carbocycles. The summed E-state index contributed by atoms with van der Waals surface area (Å²) in [7, 11) is -5.14. The van der Waals surface area contributed by atoms with E-state index in [0.29, 0.717) is 6.42 Å². The zero-order valence-electron chi connectivity index (χ0n) is 12.9. The zero-order valence-corrected chi connectivity index (χ0v) is 14.6. The second-order valence-electron chi connectivity index (χ2n) is 4.93. The third kappa shape index (κ3) is 7.21. The summed E-state index contributed by atoms with van der Waals surface area (Å²) in [6.45, 7) is 0.438. The summed E-state index contributed by atoms with van der Waals surface area (Å²) < 4.78 is 54.1. The van der Waals surface area contributed by atoms with Crippen LogP contribution in [-0.4, -0.2) is 60.4 Å². The van der Waals surface area contributed by atoms with Gasteiger partial charge in [0.1, 0.15) is 5.75 Å². The lowest BCUT2D eigenvalue weighted by atomic mass is 10.1. The molecule has 0 aliphatic heterocycles. The molecule has 9 heteroatoms. The number of nitrogens with one attached hydrogen (secondary N) is 1. The van der Waals surface area contributed by atoms with Gasteiger partial charge in [0.15, 0.2) is 0 Å². The smallest absolute Gasteiger partial charge is 0.211 e. The highest BCUT2D eigenvalue weighted by Gasteiger charge is 2.16. The van der Waals surface area contributed by atoms with Gasteiger partial charge >= 0.3 is 0 Å². The van der Waals surface area contributed by atoms with Crippen molar-refractivity contribution in [1.82, 2.24) is 9.03 Å². The van der Waals surface area contributed by atoms with E-state index >= 15 is 0 Å². The minimum atomic E-state index is -3.39. The largest absolute Gasteiger partial charge is 0.497 e. The number of hydrogen-bond donors (Lipinski definition) is 1. The third-order valence-electron chi connectivity index (χ3n) is 3.00. The Hall–Kier alpha value is -1.16. The Morgan fingerprint density at radius 3 is 2.09 bits per heavy atom. The first-order valence-corrected chi connectivity index (χ1v) is 10.4. The fraction of sp³-hybridized carbons (Fsp3) is 0.538. The lowest BCUT2D eigenvalue weighted by Gasteiger charge is -2.20. The molecule has 1 N–H and O–H groups in total. The Bertz CT molecular complexity index is 669. The molecule has 0 bridgehead atoms. The average Bonchev–Trinajstić information content (AvgIpc) is 2.40. The SMILES string of the molecule is COc1ccc(CCN(CCNS(C)(=O)=O)S(C)(=O)=O)cc1. The molecule has 0 amide bonds. The van der Waals surface area contributed by atoms with E-state index in [2.05, 4.69) is 4.72 Å². The van der Waals surface area contributed by atoms with Gasteiger partial charge in [-0.25, -0.2) is 25.9 Å². The molecule has 1 rings (SSSR count). The average molecular weight is 350 g/mol. The van der Waals surface area contributed by atoms with Gasteiger partial charge in [-0.2, -0.15) is 0 Å². The maximum absolute atomic E-state index is 11.7. The number of sulfonamides is 2. The lowest BCUT2D eigenvalue weighted by Crippen LogP contribution is -2.38. The van der Waals surface area contributed by atoms with Gasteiger partial charge in [-0.05, 0) is 24.1 Å². The Labute approximate surface area is 132 Å². The molecule has 0 fully saturated rings. The number of ether oxygens (including phenoxy) is 1. The Morgan fingerprint density at radius 2 is 1.64 bits per heavy atom. The quantitative estimate of drug-likeness (QED) is 0.679. The molecule has 22 heavy (non-hydrogen) atoms. The molecule has 0 atom stereocenters. The van der Waals surface area contributed by atoms with E-state index in [9.17, 15) is 16.8 Å². The van der Waals surface area contributed by atoms with Gasteiger partial charge in [0.2, 0.25) is 20.0 Å². The first-order chi connectivity index (χ1) is 10.1. The highest BCUT2D eigenvalue weighted by molar-refractivity contribution is 7.88. The van der Waals surface area contributed by atoms with Crippen LogP contribution in [0.5, 0.6) is 5.75 Å². The predicted molar refractivity (Wildman–Crippen MR) is 86.0 cm³/mol. The van der Waals surface area contributed by atoms with E-state index in [1.54, 1.807) is 7.11 Å².